The third-order valence-corrected chi connectivity index (χ3v) is 15.9. The highest BCUT2D eigenvalue weighted by molar-refractivity contribution is 5.81. The van der Waals surface area contributed by atoms with Crippen molar-refractivity contribution < 1.29 is 48.6 Å². The van der Waals surface area contributed by atoms with Crippen LogP contribution in [0.2, 0.25) is 0 Å². The molecule has 58 heavy (non-hydrogen) atoms. The third-order valence-electron chi connectivity index (χ3n) is 15.9. The number of carbonyl (C=O) groups is 3. The molecule has 332 valence electrons. The van der Waals surface area contributed by atoms with Gasteiger partial charge in [-0.2, -0.15) is 0 Å². The molecule has 6 unspecified atom stereocenters. The van der Waals surface area contributed by atoms with Crippen LogP contribution >= 0.6 is 0 Å². The first-order valence-corrected chi connectivity index (χ1v) is 24.4. The molecule has 6 aliphatic carbocycles. The van der Waals surface area contributed by atoms with Crippen molar-refractivity contribution in [3.8, 4) is 0 Å². The zero-order chi connectivity index (χ0) is 40.5. The lowest BCUT2D eigenvalue weighted by Gasteiger charge is -2.36. The van der Waals surface area contributed by atoms with Crippen molar-refractivity contribution >= 4 is 17.9 Å². The number of carbonyl (C=O) groups excluding carboxylic acids is 1. The van der Waals surface area contributed by atoms with Crippen LogP contribution < -0.4 is 0 Å². The van der Waals surface area contributed by atoms with Gasteiger partial charge in [0.1, 0.15) is 6.10 Å². The van der Waals surface area contributed by atoms with Crippen molar-refractivity contribution in [1.82, 2.24) is 0 Å². The zero-order valence-corrected chi connectivity index (χ0v) is 35.9. The zero-order valence-electron chi connectivity index (χ0n) is 35.9. The number of carboxylic acid groups (broad SMARTS) is 2. The maximum atomic E-state index is 13.2. The molecule has 0 radical (unpaired) electrons. The molecular formula is C48H80O10. The molecule has 0 amide bonds. The highest BCUT2D eigenvalue weighted by Gasteiger charge is 2.42. The van der Waals surface area contributed by atoms with Gasteiger partial charge in [-0.05, 0) is 151 Å². The van der Waals surface area contributed by atoms with Crippen molar-refractivity contribution in [3.05, 3.63) is 0 Å². The Morgan fingerprint density at radius 1 is 0.448 bits per heavy atom. The number of aliphatic carboxylic acids is 2. The summed E-state index contributed by atoms with van der Waals surface area (Å²) in [6, 6.07) is 0. The molecule has 6 saturated carbocycles. The first-order chi connectivity index (χ1) is 28.3. The van der Waals surface area contributed by atoms with Gasteiger partial charge < -0.3 is 24.4 Å². The predicted octanol–water partition coefficient (Wildman–Crippen LogP) is 10.6. The van der Waals surface area contributed by atoms with Crippen LogP contribution in [-0.4, -0.2) is 73.4 Å². The summed E-state index contributed by atoms with van der Waals surface area (Å²) in [7, 11) is 0. The van der Waals surface area contributed by atoms with Crippen LogP contribution in [0.4, 0.5) is 0 Å². The first kappa shape index (κ1) is 45.8. The van der Waals surface area contributed by atoms with Crippen LogP contribution in [0.3, 0.4) is 0 Å². The summed E-state index contributed by atoms with van der Waals surface area (Å²) in [5.74, 6) is 0.567. The van der Waals surface area contributed by atoms with E-state index >= 15 is 0 Å². The fourth-order valence-corrected chi connectivity index (χ4v) is 12.2. The quantitative estimate of drug-likeness (QED) is 0.0498. The minimum atomic E-state index is -0.831. The summed E-state index contributed by atoms with van der Waals surface area (Å²) >= 11 is 0. The molecule has 6 fully saturated rings. The molecule has 0 saturated heterocycles. The Morgan fingerprint density at radius 3 is 1.47 bits per heavy atom. The van der Waals surface area contributed by atoms with Crippen LogP contribution in [0, 0.1) is 59.2 Å². The van der Waals surface area contributed by atoms with Gasteiger partial charge in [-0.1, -0.05) is 70.6 Å². The molecule has 10 nitrogen and oxygen atoms in total. The Kier molecular flexibility index (Phi) is 19.4. The maximum Gasteiger partial charge on any atom is 0.310 e. The number of rotatable bonds is 21. The normalized spacial score (nSPS) is 34.3. The van der Waals surface area contributed by atoms with Gasteiger partial charge in [0.2, 0.25) is 0 Å². The number of carboxylic acids is 2. The van der Waals surface area contributed by atoms with Gasteiger partial charge in [-0.15, -0.1) is 0 Å². The van der Waals surface area contributed by atoms with Crippen LogP contribution in [0.15, 0.2) is 0 Å². The van der Waals surface area contributed by atoms with Gasteiger partial charge in [-0.3, -0.25) is 14.4 Å². The summed E-state index contributed by atoms with van der Waals surface area (Å²) < 4.78 is 17.8. The molecule has 6 aliphatic rings. The van der Waals surface area contributed by atoms with E-state index in [9.17, 15) is 24.6 Å². The standard InChI is InChI=1S/C48H80O10/c49-46(50)44-31-38(29-36-7-3-1-4-8-36)11-17-40(44)33-56-58-42-20-14-35(15-21-42)24-26-55-28-27-54-25-23-34-12-18-41(19-13-34)57-48(53)43-22-16-39(32-45(43)47(51)52)30-37-9-5-2-6-10-37/h34-45H,1-33H2,(H,49,50)(H,51,52). The molecule has 2 N–H and O–H groups in total. The van der Waals surface area contributed by atoms with E-state index in [1.54, 1.807) is 0 Å². The second-order valence-corrected chi connectivity index (χ2v) is 20.0. The van der Waals surface area contributed by atoms with Crippen molar-refractivity contribution in [2.45, 2.75) is 192 Å². The van der Waals surface area contributed by atoms with Crippen molar-refractivity contribution in [3.63, 3.8) is 0 Å². The number of ether oxygens (including phenoxy) is 3. The van der Waals surface area contributed by atoms with E-state index in [0.717, 1.165) is 115 Å². The van der Waals surface area contributed by atoms with E-state index in [-0.39, 0.29) is 30.0 Å². The summed E-state index contributed by atoms with van der Waals surface area (Å²) in [6.07, 6.45) is 30.5. The van der Waals surface area contributed by atoms with Gasteiger partial charge in [0, 0.05) is 13.2 Å². The summed E-state index contributed by atoms with van der Waals surface area (Å²) in [6.45, 7) is 3.06. The van der Waals surface area contributed by atoms with E-state index in [2.05, 4.69) is 0 Å². The van der Waals surface area contributed by atoms with Gasteiger partial charge in [0.05, 0.1) is 43.7 Å². The van der Waals surface area contributed by atoms with Gasteiger partial charge >= 0.3 is 17.9 Å². The van der Waals surface area contributed by atoms with Gasteiger partial charge in [-0.25, -0.2) is 9.78 Å². The lowest BCUT2D eigenvalue weighted by atomic mass is 9.70. The van der Waals surface area contributed by atoms with Crippen molar-refractivity contribution in [1.29, 1.82) is 0 Å². The highest BCUT2D eigenvalue weighted by atomic mass is 17.2. The Morgan fingerprint density at radius 2 is 0.931 bits per heavy atom. The third kappa shape index (κ3) is 15.0. The van der Waals surface area contributed by atoms with Crippen LogP contribution in [0.1, 0.15) is 180 Å². The molecule has 6 rings (SSSR count). The second kappa shape index (κ2) is 24.6. The summed E-state index contributed by atoms with van der Waals surface area (Å²) in [5.41, 5.74) is 0. The Hall–Kier alpha value is -1.75. The molecule has 10 heteroatoms. The fourth-order valence-electron chi connectivity index (χ4n) is 12.2. The minimum Gasteiger partial charge on any atom is -0.481 e. The number of hydrogen-bond acceptors (Lipinski definition) is 8. The van der Waals surface area contributed by atoms with Crippen LogP contribution in [0.25, 0.3) is 0 Å². The number of hydrogen-bond donors (Lipinski definition) is 2. The molecular weight excluding hydrogens is 737 g/mol. The average molecular weight is 817 g/mol. The predicted molar refractivity (Wildman–Crippen MR) is 222 cm³/mol. The smallest absolute Gasteiger partial charge is 0.310 e. The summed E-state index contributed by atoms with van der Waals surface area (Å²) in [4.78, 5) is 49.1. The first-order valence-electron chi connectivity index (χ1n) is 24.4. The SMILES string of the molecule is O=C(O)C1CC(CC2CCCCC2)CCC1COOC1CCC(CCOCCOCCC2CCC(OC(=O)C3CCC(CC4CCCCC4)CC3C(=O)O)CC2)CC1. The average Bonchev–Trinajstić information content (AvgIpc) is 3.24. The molecule has 6 atom stereocenters. The second-order valence-electron chi connectivity index (χ2n) is 20.0. The maximum absolute atomic E-state index is 13.2. The van der Waals surface area contributed by atoms with Crippen LogP contribution in [-0.2, 0) is 38.4 Å². The topological polar surface area (TPSA) is 138 Å². The van der Waals surface area contributed by atoms with E-state index in [4.69, 9.17) is 24.0 Å². The highest BCUT2D eigenvalue weighted by Crippen LogP contribution is 2.42. The van der Waals surface area contributed by atoms with E-state index in [1.807, 2.05) is 0 Å². The Labute approximate surface area is 349 Å². The fraction of sp³-hybridized carbons (Fsp3) is 0.938. The molecule has 0 aromatic carbocycles. The van der Waals surface area contributed by atoms with Crippen LogP contribution in [0.5, 0.6) is 0 Å². The van der Waals surface area contributed by atoms with E-state index in [1.165, 1.54) is 70.6 Å². The van der Waals surface area contributed by atoms with Crippen molar-refractivity contribution in [2.75, 3.05) is 33.0 Å². The molecule has 0 heterocycles. The van der Waals surface area contributed by atoms with E-state index in [0.29, 0.717) is 62.9 Å². The monoisotopic (exact) mass is 817 g/mol. The number of esters is 1. The lowest BCUT2D eigenvalue weighted by Crippen LogP contribution is -2.39. The largest absolute Gasteiger partial charge is 0.481 e. The Bertz CT molecular complexity index is 1200. The Balaban J connectivity index is 0.737. The van der Waals surface area contributed by atoms with Gasteiger partial charge in [0.15, 0.2) is 0 Å². The molecule has 0 bridgehead atoms. The van der Waals surface area contributed by atoms with Gasteiger partial charge in [0.25, 0.3) is 0 Å². The lowest BCUT2D eigenvalue weighted by molar-refractivity contribution is -0.337. The molecule has 0 spiro atoms. The van der Waals surface area contributed by atoms with Crippen molar-refractivity contribution in [2.24, 2.45) is 59.2 Å². The molecule has 0 aliphatic heterocycles. The molecule has 0 aromatic rings. The summed E-state index contributed by atoms with van der Waals surface area (Å²) in [5, 5.41) is 20.0. The minimum absolute atomic E-state index is 0.0448. The molecule has 0 aromatic heterocycles. The van der Waals surface area contributed by atoms with E-state index < -0.39 is 23.8 Å².